The minimum atomic E-state index is -3.39. The van der Waals surface area contributed by atoms with Crippen LogP contribution in [0.1, 0.15) is 6.92 Å². The molecule has 0 saturated heterocycles. The molecule has 0 fully saturated rings. The van der Waals surface area contributed by atoms with Crippen molar-refractivity contribution >= 4 is 31.6 Å². The van der Waals surface area contributed by atoms with Crippen LogP contribution in [0.5, 0.6) is 0 Å². The highest BCUT2D eigenvalue weighted by atomic mass is 79.9. The molecule has 0 radical (unpaired) electrons. The van der Waals surface area contributed by atoms with Crippen LogP contribution in [0.2, 0.25) is 0 Å². The van der Waals surface area contributed by atoms with Gasteiger partial charge in [0.25, 0.3) is 0 Å². The number of sulfonamides is 1. The third-order valence-electron chi connectivity index (χ3n) is 1.99. The summed E-state index contributed by atoms with van der Waals surface area (Å²) >= 11 is 3.00. The first-order valence-electron chi connectivity index (χ1n) is 5.11. The molecule has 4 nitrogen and oxygen atoms in total. The summed E-state index contributed by atoms with van der Waals surface area (Å²) in [5.41, 5.74) is 0.342. The zero-order chi connectivity index (χ0) is 12.9. The quantitative estimate of drug-likeness (QED) is 0.786. The number of halogens is 2. The molecule has 1 rings (SSSR count). The van der Waals surface area contributed by atoms with Crippen LogP contribution in [0.4, 0.5) is 10.1 Å². The predicted octanol–water partition coefficient (Wildman–Crippen LogP) is 1.94. The molecular formula is C10H14BrFN2O2S. The molecule has 0 spiro atoms. The van der Waals surface area contributed by atoms with E-state index in [9.17, 15) is 12.8 Å². The van der Waals surface area contributed by atoms with Gasteiger partial charge in [-0.25, -0.2) is 12.8 Å². The van der Waals surface area contributed by atoms with Crippen molar-refractivity contribution in [3.8, 4) is 0 Å². The lowest BCUT2D eigenvalue weighted by Crippen LogP contribution is -2.26. The van der Waals surface area contributed by atoms with Gasteiger partial charge in [0.2, 0.25) is 10.0 Å². The van der Waals surface area contributed by atoms with Gasteiger partial charge in [-0.05, 0) is 40.7 Å². The fraction of sp³-hybridized carbons (Fsp3) is 0.400. The minimum absolute atomic E-state index is 0.0180. The molecule has 0 aliphatic heterocycles. The molecule has 0 saturated carbocycles. The Morgan fingerprint density at radius 2 is 2.12 bits per heavy atom. The minimum Gasteiger partial charge on any atom is -0.316 e. The van der Waals surface area contributed by atoms with Crippen LogP contribution in [0.25, 0.3) is 0 Å². The maximum atomic E-state index is 12.9. The number of rotatable bonds is 6. The summed E-state index contributed by atoms with van der Waals surface area (Å²) in [6.45, 7) is 3.00. The van der Waals surface area contributed by atoms with Crippen molar-refractivity contribution in [3.05, 3.63) is 28.5 Å². The molecule has 7 heteroatoms. The van der Waals surface area contributed by atoms with Crippen LogP contribution < -0.4 is 10.0 Å². The highest BCUT2D eigenvalue weighted by Gasteiger charge is 2.10. The topological polar surface area (TPSA) is 58.2 Å². The summed E-state index contributed by atoms with van der Waals surface area (Å²) in [6.07, 6.45) is 0. The third-order valence-corrected chi connectivity index (χ3v) is 3.89. The Kier molecular flexibility index (Phi) is 5.35. The molecule has 0 bridgehead atoms. The first-order chi connectivity index (χ1) is 7.94. The third kappa shape index (κ3) is 5.01. The second-order valence-electron chi connectivity index (χ2n) is 3.40. The SMILES string of the molecule is CCNCCS(=O)(=O)Nc1ccc(F)c(Br)c1. The molecule has 1 aromatic rings. The molecule has 0 atom stereocenters. The van der Waals surface area contributed by atoms with Crippen molar-refractivity contribution in [2.24, 2.45) is 0 Å². The maximum Gasteiger partial charge on any atom is 0.233 e. The van der Waals surface area contributed by atoms with Crippen molar-refractivity contribution in [3.63, 3.8) is 0 Å². The zero-order valence-electron chi connectivity index (χ0n) is 9.33. The second kappa shape index (κ2) is 6.32. The Labute approximate surface area is 109 Å². The fourth-order valence-corrected chi connectivity index (χ4v) is 2.55. The van der Waals surface area contributed by atoms with E-state index in [1.54, 1.807) is 0 Å². The summed E-state index contributed by atoms with van der Waals surface area (Å²) in [4.78, 5) is 0. The van der Waals surface area contributed by atoms with Gasteiger partial charge in [0.1, 0.15) is 5.82 Å². The van der Waals surface area contributed by atoms with Crippen molar-refractivity contribution in [1.82, 2.24) is 5.32 Å². The highest BCUT2D eigenvalue weighted by Crippen LogP contribution is 2.20. The lowest BCUT2D eigenvalue weighted by Gasteiger charge is -2.08. The number of hydrogen-bond donors (Lipinski definition) is 2. The van der Waals surface area contributed by atoms with Crippen LogP contribution >= 0.6 is 15.9 Å². The molecule has 0 aliphatic carbocycles. The zero-order valence-corrected chi connectivity index (χ0v) is 11.7. The average molecular weight is 325 g/mol. The first kappa shape index (κ1) is 14.4. The van der Waals surface area contributed by atoms with Crippen molar-refractivity contribution in [2.45, 2.75) is 6.92 Å². The van der Waals surface area contributed by atoms with E-state index in [4.69, 9.17) is 0 Å². The molecule has 1 aromatic carbocycles. The van der Waals surface area contributed by atoms with Crippen LogP contribution in [0.3, 0.4) is 0 Å². The van der Waals surface area contributed by atoms with E-state index >= 15 is 0 Å². The summed E-state index contributed by atoms with van der Waals surface area (Å²) in [7, 11) is -3.39. The summed E-state index contributed by atoms with van der Waals surface area (Å²) in [6, 6.07) is 3.97. The van der Waals surface area contributed by atoms with Gasteiger partial charge in [-0.3, -0.25) is 4.72 Å². The van der Waals surface area contributed by atoms with Gasteiger partial charge in [-0.2, -0.15) is 0 Å². The standard InChI is InChI=1S/C10H14BrFN2O2S/c1-2-13-5-6-17(15,16)14-8-3-4-10(12)9(11)7-8/h3-4,7,13-14H,2,5-6H2,1H3. The summed E-state index contributed by atoms with van der Waals surface area (Å²) in [5.74, 6) is -0.448. The smallest absolute Gasteiger partial charge is 0.233 e. The van der Waals surface area contributed by atoms with Crippen molar-refractivity contribution < 1.29 is 12.8 Å². The normalized spacial score (nSPS) is 11.5. The van der Waals surface area contributed by atoms with E-state index in [0.29, 0.717) is 12.2 Å². The van der Waals surface area contributed by atoms with Crippen LogP contribution in [0.15, 0.2) is 22.7 Å². The number of hydrogen-bond acceptors (Lipinski definition) is 3. The second-order valence-corrected chi connectivity index (χ2v) is 6.10. The van der Waals surface area contributed by atoms with Crippen LogP contribution in [-0.4, -0.2) is 27.3 Å². The van der Waals surface area contributed by atoms with Gasteiger partial charge in [0, 0.05) is 12.2 Å². The monoisotopic (exact) mass is 324 g/mol. The van der Waals surface area contributed by atoms with Gasteiger partial charge in [-0.15, -0.1) is 0 Å². The Hall–Kier alpha value is -0.660. The van der Waals surface area contributed by atoms with Gasteiger partial charge < -0.3 is 5.32 Å². The summed E-state index contributed by atoms with van der Waals surface area (Å²) < 4.78 is 38.8. The molecule has 0 heterocycles. The lowest BCUT2D eigenvalue weighted by molar-refractivity contribution is 0.597. The average Bonchev–Trinajstić information content (AvgIpc) is 2.23. The molecule has 2 N–H and O–H groups in total. The van der Waals surface area contributed by atoms with Gasteiger partial charge in [-0.1, -0.05) is 6.92 Å². The maximum absolute atomic E-state index is 12.9. The van der Waals surface area contributed by atoms with E-state index in [-0.39, 0.29) is 10.2 Å². The fourth-order valence-electron chi connectivity index (χ4n) is 1.17. The van der Waals surface area contributed by atoms with Gasteiger partial charge in [0.15, 0.2) is 0 Å². The van der Waals surface area contributed by atoms with Crippen LogP contribution in [-0.2, 0) is 10.0 Å². The Bertz CT molecular complexity index is 479. The molecule has 0 aromatic heterocycles. The number of benzene rings is 1. The number of anilines is 1. The Balaban J connectivity index is 2.66. The number of nitrogens with one attached hydrogen (secondary N) is 2. The van der Waals surface area contributed by atoms with Gasteiger partial charge >= 0.3 is 0 Å². The van der Waals surface area contributed by atoms with Gasteiger partial charge in [0.05, 0.1) is 10.2 Å². The molecule has 17 heavy (non-hydrogen) atoms. The molecule has 0 unspecified atom stereocenters. The van der Waals surface area contributed by atoms with E-state index in [1.807, 2.05) is 6.92 Å². The first-order valence-corrected chi connectivity index (χ1v) is 7.55. The van der Waals surface area contributed by atoms with Crippen molar-refractivity contribution in [2.75, 3.05) is 23.6 Å². The largest absolute Gasteiger partial charge is 0.316 e. The molecular weight excluding hydrogens is 311 g/mol. The Morgan fingerprint density at radius 1 is 1.41 bits per heavy atom. The highest BCUT2D eigenvalue weighted by molar-refractivity contribution is 9.10. The van der Waals surface area contributed by atoms with E-state index in [0.717, 1.165) is 6.54 Å². The lowest BCUT2D eigenvalue weighted by atomic mass is 10.3. The van der Waals surface area contributed by atoms with Crippen molar-refractivity contribution in [1.29, 1.82) is 0 Å². The molecule has 96 valence electrons. The van der Waals surface area contributed by atoms with E-state index in [1.165, 1.54) is 18.2 Å². The molecule has 0 aliphatic rings. The van der Waals surface area contributed by atoms with E-state index in [2.05, 4.69) is 26.0 Å². The Morgan fingerprint density at radius 3 is 2.71 bits per heavy atom. The predicted molar refractivity (Wildman–Crippen MR) is 70.1 cm³/mol. The van der Waals surface area contributed by atoms with E-state index < -0.39 is 15.8 Å². The molecule has 0 amide bonds. The van der Waals surface area contributed by atoms with Crippen LogP contribution in [0, 0.1) is 5.82 Å². The summed E-state index contributed by atoms with van der Waals surface area (Å²) in [5, 5.41) is 2.92.